The topological polar surface area (TPSA) is 67.1 Å². The van der Waals surface area contributed by atoms with Gasteiger partial charge >= 0.3 is 6.03 Å². The van der Waals surface area contributed by atoms with E-state index in [1.54, 1.807) is 0 Å². The minimum absolute atomic E-state index is 0.106. The lowest BCUT2D eigenvalue weighted by Gasteiger charge is -2.26. The van der Waals surface area contributed by atoms with E-state index in [-0.39, 0.29) is 17.6 Å². The summed E-state index contributed by atoms with van der Waals surface area (Å²) in [4.78, 5) is 11.9. The Hall–Kier alpha value is -1.55. The Bertz CT molecular complexity index is 442. The summed E-state index contributed by atoms with van der Waals surface area (Å²) < 4.78 is 0. The van der Waals surface area contributed by atoms with Crippen molar-refractivity contribution < 1.29 is 4.79 Å². The molecule has 1 aliphatic carbocycles. The zero-order valence-electron chi connectivity index (χ0n) is 12.4. The van der Waals surface area contributed by atoms with Gasteiger partial charge in [0.1, 0.15) is 0 Å². The average molecular weight is 275 g/mol. The van der Waals surface area contributed by atoms with E-state index >= 15 is 0 Å². The summed E-state index contributed by atoms with van der Waals surface area (Å²) in [5.74, 6) is 0.460. The molecule has 1 aromatic rings. The molecule has 0 bridgehead atoms. The van der Waals surface area contributed by atoms with Gasteiger partial charge in [-0.2, -0.15) is 0 Å². The molecule has 2 rings (SSSR count). The first kappa shape index (κ1) is 14.9. The molecule has 1 saturated carbocycles. The molecular formula is C16H25N3O. The van der Waals surface area contributed by atoms with Crippen LogP contribution in [0.1, 0.15) is 44.6 Å². The highest BCUT2D eigenvalue weighted by atomic mass is 16.2. The molecule has 0 saturated heterocycles. The van der Waals surface area contributed by atoms with Crippen LogP contribution in [0, 0.1) is 0 Å². The van der Waals surface area contributed by atoms with Crippen LogP contribution < -0.4 is 16.4 Å². The number of carbonyl (C=O) groups is 1. The Kier molecular flexibility index (Phi) is 4.65. The van der Waals surface area contributed by atoms with Gasteiger partial charge in [0.15, 0.2) is 0 Å². The van der Waals surface area contributed by atoms with Gasteiger partial charge in [-0.15, -0.1) is 0 Å². The highest BCUT2D eigenvalue weighted by molar-refractivity contribution is 5.75. The van der Waals surface area contributed by atoms with Gasteiger partial charge in [0.2, 0.25) is 0 Å². The third-order valence-corrected chi connectivity index (χ3v) is 4.34. The van der Waals surface area contributed by atoms with Crippen molar-refractivity contribution in [2.75, 3.05) is 6.54 Å². The van der Waals surface area contributed by atoms with E-state index in [0.29, 0.717) is 12.5 Å². The third kappa shape index (κ3) is 3.73. The molecule has 0 unspecified atom stereocenters. The van der Waals surface area contributed by atoms with E-state index in [4.69, 9.17) is 5.73 Å². The van der Waals surface area contributed by atoms with Crippen molar-refractivity contribution >= 4 is 6.03 Å². The number of urea groups is 1. The molecule has 2 atom stereocenters. The molecule has 4 heteroatoms. The number of carbonyl (C=O) groups excluding carboxylic acids is 1. The molecule has 0 heterocycles. The molecule has 4 nitrogen and oxygen atoms in total. The molecule has 0 radical (unpaired) electrons. The van der Waals surface area contributed by atoms with Gasteiger partial charge in [-0.25, -0.2) is 4.79 Å². The number of nitrogens with two attached hydrogens (primary N) is 1. The maximum Gasteiger partial charge on any atom is 0.315 e. The Morgan fingerprint density at radius 1 is 1.30 bits per heavy atom. The summed E-state index contributed by atoms with van der Waals surface area (Å²) in [6.07, 6.45) is 2.74. The molecule has 2 amide bonds. The Morgan fingerprint density at radius 3 is 2.55 bits per heavy atom. The average Bonchev–Trinajstić information content (AvgIpc) is 3.25. The van der Waals surface area contributed by atoms with Crippen molar-refractivity contribution in [3.63, 3.8) is 0 Å². The number of rotatable bonds is 6. The summed E-state index contributed by atoms with van der Waals surface area (Å²) in [5.41, 5.74) is 7.17. The maximum absolute atomic E-state index is 11.9. The fraction of sp³-hybridized carbons (Fsp3) is 0.562. The van der Waals surface area contributed by atoms with E-state index in [0.717, 1.165) is 19.3 Å². The monoisotopic (exact) mass is 275 g/mol. The lowest BCUT2D eigenvalue weighted by atomic mass is 9.94. The van der Waals surface area contributed by atoms with Crippen LogP contribution in [-0.4, -0.2) is 24.2 Å². The summed E-state index contributed by atoms with van der Waals surface area (Å²) >= 11 is 0. The SMILES string of the molecule is CCC(N)(CC)CNC(=O)N[C@@H]1C[C@H]1c1ccccc1. The predicted molar refractivity (Wildman–Crippen MR) is 81.6 cm³/mol. The van der Waals surface area contributed by atoms with Gasteiger partial charge in [-0.1, -0.05) is 44.2 Å². The van der Waals surface area contributed by atoms with Crippen LogP contribution in [0.2, 0.25) is 0 Å². The normalized spacial score (nSPS) is 21.4. The van der Waals surface area contributed by atoms with E-state index in [1.807, 2.05) is 18.2 Å². The minimum atomic E-state index is -0.292. The highest BCUT2D eigenvalue weighted by Crippen LogP contribution is 2.40. The van der Waals surface area contributed by atoms with Crippen molar-refractivity contribution in [2.45, 2.75) is 50.6 Å². The van der Waals surface area contributed by atoms with E-state index in [9.17, 15) is 4.79 Å². The Morgan fingerprint density at radius 2 is 1.95 bits per heavy atom. The van der Waals surface area contributed by atoms with Crippen LogP contribution in [0.15, 0.2) is 30.3 Å². The second kappa shape index (κ2) is 6.27. The number of hydrogen-bond donors (Lipinski definition) is 3. The lowest BCUT2D eigenvalue weighted by molar-refractivity contribution is 0.235. The van der Waals surface area contributed by atoms with Gasteiger partial charge < -0.3 is 16.4 Å². The largest absolute Gasteiger partial charge is 0.336 e. The van der Waals surface area contributed by atoms with Crippen molar-refractivity contribution in [1.29, 1.82) is 0 Å². The second-order valence-corrected chi connectivity index (χ2v) is 5.76. The summed E-state index contributed by atoms with van der Waals surface area (Å²) in [6.45, 7) is 4.62. The number of amides is 2. The molecule has 1 aromatic carbocycles. The summed E-state index contributed by atoms with van der Waals surface area (Å²) in [7, 11) is 0. The zero-order chi connectivity index (χ0) is 14.6. The quantitative estimate of drug-likeness (QED) is 0.746. The van der Waals surface area contributed by atoms with Gasteiger partial charge in [0.25, 0.3) is 0 Å². The first-order chi connectivity index (χ1) is 9.58. The first-order valence-electron chi connectivity index (χ1n) is 7.46. The van der Waals surface area contributed by atoms with Gasteiger partial charge in [-0.05, 0) is 24.8 Å². The smallest absolute Gasteiger partial charge is 0.315 e. The highest BCUT2D eigenvalue weighted by Gasteiger charge is 2.39. The molecule has 20 heavy (non-hydrogen) atoms. The molecule has 0 aromatic heterocycles. The molecular weight excluding hydrogens is 250 g/mol. The Balaban J connectivity index is 1.74. The summed E-state index contributed by atoms with van der Waals surface area (Å²) in [5, 5.41) is 5.91. The molecule has 4 N–H and O–H groups in total. The van der Waals surface area contributed by atoms with Crippen LogP contribution in [0.25, 0.3) is 0 Å². The fourth-order valence-electron chi connectivity index (χ4n) is 2.40. The van der Waals surface area contributed by atoms with Crippen LogP contribution in [-0.2, 0) is 0 Å². The van der Waals surface area contributed by atoms with Crippen molar-refractivity contribution in [3.8, 4) is 0 Å². The van der Waals surface area contributed by atoms with Crippen LogP contribution >= 0.6 is 0 Å². The summed E-state index contributed by atoms with van der Waals surface area (Å²) in [6, 6.07) is 10.5. The third-order valence-electron chi connectivity index (χ3n) is 4.34. The van der Waals surface area contributed by atoms with Gasteiger partial charge in [-0.3, -0.25) is 0 Å². The number of hydrogen-bond acceptors (Lipinski definition) is 2. The van der Waals surface area contributed by atoms with Gasteiger partial charge in [0.05, 0.1) is 0 Å². The lowest BCUT2D eigenvalue weighted by Crippen LogP contribution is -2.51. The van der Waals surface area contributed by atoms with E-state index in [2.05, 4.69) is 36.6 Å². The van der Waals surface area contributed by atoms with Crippen LogP contribution in [0.3, 0.4) is 0 Å². The molecule has 1 fully saturated rings. The zero-order valence-corrected chi connectivity index (χ0v) is 12.4. The van der Waals surface area contributed by atoms with Crippen molar-refractivity contribution in [2.24, 2.45) is 5.73 Å². The van der Waals surface area contributed by atoms with E-state index < -0.39 is 0 Å². The molecule has 110 valence electrons. The van der Waals surface area contributed by atoms with Crippen molar-refractivity contribution in [3.05, 3.63) is 35.9 Å². The van der Waals surface area contributed by atoms with Crippen molar-refractivity contribution in [1.82, 2.24) is 10.6 Å². The first-order valence-corrected chi connectivity index (χ1v) is 7.46. The predicted octanol–water partition coefficient (Wildman–Crippen LogP) is 2.36. The number of benzene rings is 1. The maximum atomic E-state index is 11.9. The standard InChI is InChI=1S/C16H25N3O/c1-3-16(17,4-2)11-18-15(20)19-14-10-13(14)12-8-6-5-7-9-12/h5-9,13-14H,3-4,10-11,17H2,1-2H3,(H2,18,19,20)/t13-,14+/m0/s1. The second-order valence-electron chi connectivity index (χ2n) is 5.76. The van der Waals surface area contributed by atoms with Crippen LogP contribution in [0.4, 0.5) is 4.79 Å². The molecule has 1 aliphatic rings. The Labute approximate surface area is 121 Å². The molecule has 0 aliphatic heterocycles. The van der Waals surface area contributed by atoms with E-state index in [1.165, 1.54) is 5.56 Å². The minimum Gasteiger partial charge on any atom is -0.336 e. The van der Waals surface area contributed by atoms with Crippen LogP contribution in [0.5, 0.6) is 0 Å². The fourth-order valence-corrected chi connectivity index (χ4v) is 2.40. The van der Waals surface area contributed by atoms with Gasteiger partial charge in [0, 0.05) is 24.0 Å². The number of nitrogens with one attached hydrogen (secondary N) is 2. The molecule has 0 spiro atoms.